The van der Waals surface area contributed by atoms with Crippen LogP contribution in [-0.4, -0.2) is 31.9 Å². The summed E-state index contributed by atoms with van der Waals surface area (Å²) in [6, 6.07) is 11.0. The lowest BCUT2D eigenvalue weighted by atomic mass is 10.2. The molecule has 1 aromatic carbocycles. The molecule has 6 heteroatoms. The van der Waals surface area contributed by atoms with Gasteiger partial charge in [-0.2, -0.15) is 0 Å². The highest BCUT2D eigenvalue weighted by atomic mass is 32.1. The molecule has 21 heavy (non-hydrogen) atoms. The molecule has 0 atom stereocenters. The van der Waals surface area contributed by atoms with Gasteiger partial charge >= 0.3 is 6.03 Å². The summed E-state index contributed by atoms with van der Waals surface area (Å²) in [4.78, 5) is 19.1. The Kier molecular flexibility index (Phi) is 5.19. The molecule has 112 valence electrons. The van der Waals surface area contributed by atoms with Gasteiger partial charge in [0.05, 0.1) is 19.4 Å². The fourth-order valence-electron chi connectivity index (χ4n) is 1.83. The minimum absolute atomic E-state index is 0.270. The van der Waals surface area contributed by atoms with E-state index in [0.29, 0.717) is 6.61 Å². The van der Waals surface area contributed by atoms with Crippen LogP contribution in [0.1, 0.15) is 6.92 Å². The maximum Gasteiger partial charge on any atom is 0.353 e. The Hall–Kier alpha value is -2.05. The highest BCUT2D eigenvalue weighted by Crippen LogP contribution is 2.32. The number of thiophene rings is 1. The number of rotatable bonds is 5. The van der Waals surface area contributed by atoms with Crippen LogP contribution in [-0.2, 0) is 4.84 Å². The number of hydrogen-bond donors (Lipinski definition) is 0. The zero-order valence-electron chi connectivity index (χ0n) is 12.3. The molecule has 5 nitrogen and oxygen atoms in total. The van der Waals surface area contributed by atoms with Gasteiger partial charge in [0.1, 0.15) is 10.8 Å². The van der Waals surface area contributed by atoms with Crippen molar-refractivity contribution in [2.75, 3.05) is 25.7 Å². The van der Waals surface area contributed by atoms with E-state index in [0.717, 1.165) is 16.4 Å². The van der Waals surface area contributed by atoms with Crippen LogP contribution in [0.2, 0.25) is 0 Å². The van der Waals surface area contributed by atoms with E-state index in [1.54, 1.807) is 11.9 Å². The van der Waals surface area contributed by atoms with Crippen LogP contribution in [0.5, 0.6) is 5.75 Å². The van der Waals surface area contributed by atoms with Crippen molar-refractivity contribution in [1.29, 1.82) is 0 Å². The van der Waals surface area contributed by atoms with Crippen molar-refractivity contribution in [2.24, 2.45) is 0 Å². The van der Waals surface area contributed by atoms with Crippen LogP contribution in [0.3, 0.4) is 0 Å². The molecule has 0 saturated heterocycles. The average Bonchev–Trinajstić information content (AvgIpc) is 3.01. The summed E-state index contributed by atoms with van der Waals surface area (Å²) in [6.45, 7) is 2.50. The smallest absolute Gasteiger partial charge is 0.353 e. The Balaban J connectivity index is 2.40. The first kappa shape index (κ1) is 15.3. The Morgan fingerprint density at radius 2 is 2.10 bits per heavy atom. The quantitative estimate of drug-likeness (QED) is 0.787. The van der Waals surface area contributed by atoms with Crippen molar-refractivity contribution in [3.05, 3.63) is 41.8 Å². The molecule has 1 heterocycles. The van der Waals surface area contributed by atoms with Crippen molar-refractivity contribution >= 4 is 28.1 Å². The van der Waals surface area contributed by atoms with E-state index in [9.17, 15) is 4.79 Å². The maximum atomic E-state index is 12.5. The lowest BCUT2D eigenvalue weighted by Gasteiger charge is -2.25. The van der Waals surface area contributed by atoms with Crippen LogP contribution in [0.25, 0.3) is 0 Å². The predicted octanol–water partition coefficient (Wildman–Crippen LogP) is 3.90. The van der Waals surface area contributed by atoms with Crippen molar-refractivity contribution in [3.63, 3.8) is 0 Å². The molecule has 2 rings (SSSR count). The first-order chi connectivity index (χ1) is 10.2. The number of benzene rings is 1. The van der Waals surface area contributed by atoms with Crippen molar-refractivity contribution < 1.29 is 14.4 Å². The number of hydroxylamine groups is 2. The van der Waals surface area contributed by atoms with Gasteiger partial charge in [-0.1, -0.05) is 6.07 Å². The van der Waals surface area contributed by atoms with E-state index in [1.807, 2.05) is 48.7 Å². The summed E-state index contributed by atoms with van der Waals surface area (Å²) in [6.07, 6.45) is 0. The number of ether oxygens (including phenoxy) is 1. The van der Waals surface area contributed by atoms with Gasteiger partial charge in [-0.25, -0.2) is 9.86 Å². The van der Waals surface area contributed by atoms with Gasteiger partial charge in [-0.05, 0) is 36.6 Å². The average molecular weight is 306 g/mol. The second-order valence-corrected chi connectivity index (χ2v) is 5.11. The topological polar surface area (TPSA) is 42.0 Å². The van der Waals surface area contributed by atoms with Gasteiger partial charge in [0.25, 0.3) is 0 Å². The first-order valence-electron chi connectivity index (χ1n) is 6.55. The van der Waals surface area contributed by atoms with Crippen LogP contribution < -0.4 is 9.64 Å². The van der Waals surface area contributed by atoms with Gasteiger partial charge in [0.2, 0.25) is 0 Å². The molecule has 0 spiro atoms. The van der Waals surface area contributed by atoms with E-state index in [-0.39, 0.29) is 6.03 Å². The summed E-state index contributed by atoms with van der Waals surface area (Å²) in [5.74, 6) is 0.726. The van der Waals surface area contributed by atoms with Gasteiger partial charge in [-0.15, -0.1) is 11.3 Å². The molecule has 0 aliphatic carbocycles. The third-order valence-electron chi connectivity index (χ3n) is 2.85. The number of carbonyl (C=O) groups excluding carboxylic acids is 1. The minimum atomic E-state index is -0.270. The van der Waals surface area contributed by atoms with E-state index in [2.05, 4.69) is 0 Å². The third-order valence-corrected chi connectivity index (χ3v) is 3.70. The molecule has 2 amide bonds. The van der Waals surface area contributed by atoms with E-state index in [1.165, 1.54) is 23.5 Å². The number of carbonyl (C=O) groups is 1. The fourth-order valence-corrected chi connectivity index (χ4v) is 2.57. The molecular weight excluding hydrogens is 288 g/mol. The standard InChI is InChI=1S/C15H18N2O3S/c1-4-20-13-8-5-7-12(11-13)17(14-9-6-10-21-14)15(18)16(2)19-3/h5-11H,4H2,1-3H3. The molecule has 0 radical (unpaired) electrons. The molecule has 1 aromatic heterocycles. The lowest BCUT2D eigenvalue weighted by molar-refractivity contribution is -0.0614. The molecule has 0 N–H and O–H groups in total. The fraction of sp³-hybridized carbons (Fsp3) is 0.267. The van der Waals surface area contributed by atoms with Crippen LogP contribution >= 0.6 is 11.3 Å². The molecule has 0 fully saturated rings. The second kappa shape index (κ2) is 7.10. The number of urea groups is 1. The monoisotopic (exact) mass is 306 g/mol. The number of hydrogen-bond acceptors (Lipinski definition) is 4. The highest BCUT2D eigenvalue weighted by molar-refractivity contribution is 7.14. The molecule has 2 aromatic rings. The Morgan fingerprint density at radius 3 is 2.71 bits per heavy atom. The number of anilines is 2. The largest absolute Gasteiger partial charge is 0.494 e. The third kappa shape index (κ3) is 3.53. The molecular formula is C15H18N2O3S. The van der Waals surface area contributed by atoms with Crippen LogP contribution in [0.15, 0.2) is 41.8 Å². The summed E-state index contributed by atoms with van der Waals surface area (Å²) < 4.78 is 5.50. The molecule has 0 saturated carbocycles. The Bertz CT molecular complexity index is 586. The first-order valence-corrected chi connectivity index (χ1v) is 7.43. The minimum Gasteiger partial charge on any atom is -0.494 e. The zero-order valence-corrected chi connectivity index (χ0v) is 13.1. The Morgan fingerprint density at radius 1 is 1.29 bits per heavy atom. The molecule has 0 bridgehead atoms. The summed E-state index contributed by atoms with van der Waals surface area (Å²) in [5.41, 5.74) is 0.734. The molecule has 0 aliphatic rings. The Labute approximate surface area is 128 Å². The zero-order chi connectivity index (χ0) is 15.2. The predicted molar refractivity (Wildman–Crippen MR) is 84.2 cm³/mol. The highest BCUT2D eigenvalue weighted by Gasteiger charge is 2.23. The van der Waals surface area contributed by atoms with Crippen molar-refractivity contribution in [2.45, 2.75) is 6.92 Å². The lowest BCUT2D eigenvalue weighted by Crippen LogP contribution is -2.37. The van der Waals surface area contributed by atoms with E-state index < -0.39 is 0 Å². The van der Waals surface area contributed by atoms with Crippen molar-refractivity contribution in [3.8, 4) is 5.75 Å². The normalized spacial score (nSPS) is 10.2. The van der Waals surface area contributed by atoms with E-state index in [4.69, 9.17) is 9.57 Å². The van der Waals surface area contributed by atoms with Crippen LogP contribution in [0, 0.1) is 0 Å². The van der Waals surface area contributed by atoms with Gasteiger partial charge in [0.15, 0.2) is 0 Å². The van der Waals surface area contributed by atoms with Crippen molar-refractivity contribution in [1.82, 2.24) is 5.06 Å². The van der Waals surface area contributed by atoms with Crippen LogP contribution in [0.4, 0.5) is 15.5 Å². The summed E-state index contributed by atoms with van der Waals surface area (Å²) >= 11 is 1.48. The van der Waals surface area contributed by atoms with Gasteiger partial charge in [0, 0.05) is 13.1 Å². The second-order valence-electron chi connectivity index (χ2n) is 4.18. The number of nitrogens with zero attached hydrogens (tertiary/aromatic N) is 2. The maximum absolute atomic E-state index is 12.5. The summed E-state index contributed by atoms with van der Waals surface area (Å²) in [7, 11) is 3.04. The molecule has 0 unspecified atom stereocenters. The molecule has 0 aliphatic heterocycles. The number of amides is 2. The summed E-state index contributed by atoms with van der Waals surface area (Å²) in [5, 5.41) is 3.93. The van der Waals surface area contributed by atoms with Gasteiger partial charge < -0.3 is 4.74 Å². The SMILES string of the molecule is CCOc1cccc(N(C(=O)N(C)OC)c2cccs2)c1. The van der Waals surface area contributed by atoms with Gasteiger partial charge in [-0.3, -0.25) is 9.74 Å². The van der Waals surface area contributed by atoms with E-state index >= 15 is 0 Å².